The lowest BCUT2D eigenvalue weighted by Crippen LogP contribution is -2.35. The first-order chi connectivity index (χ1) is 8.67. The van der Waals surface area contributed by atoms with Crippen LogP contribution in [0.5, 0.6) is 0 Å². The molecule has 0 spiro atoms. The summed E-state index contributed by atoms with van der Waals surface area (Å²) < 4.78 is 3.08. The number of aromatic nitrogens is 2. The van der Waals surface area contributed by atoms with Gasteiger partial charge in [0.05, 0.1) is 22.4 Å². The molecular weight excluding hydrogens is 294 g/mol. The number of amides is 1. The molecule has 1 aromatic heterocycles. The molecule has 1 saturated heterocycles. The summed E-state index contributed by atoms with van der Waals surface area (Å²) in [7, 11) is 0. The lowest BCUT2D eigenvalue weighted by molar-refractivity contribution is -0.134. The van der Waals surface area contributed by atoms with Gasteiger partial charge in [-0.1, -0.05) is 6.92 Å². The van der Waals surface area contributed by atoms with Crippen molar-refractivity contribution in [1.29, 1.82) is 0 Å². The van der Waals surface area contributed by atoms with E-state index in [1.807, 2.05) is 9.58 Å². The molecule has 0 N–H and O–H groups in total. The van der Waals surface area contributed by atoms with E-state index in [0.29, 0.717) is 13.0 Å². The van der Waals surface area contributed by atoms with Crippen LogP contribution in [0.15, 0.2) is 4.47 Å². The van der Waals surface area contributed by atoms with E-state index in [0.717, 1.165) is 48.2 Å². The summed E-state index contributed by atoms with van der Waals surface area (Å²) in [5, 5.41) is 4.57. The minimum Gasteiger partial charge on any atom is -0.337 e. The van der Waals surface area contributed by atoms with Crippen molar-refractivity contribution in [2.75, 3.05) is 6.54 Å². The minimum absolute atomic E-state index is 0.273. The van der Waals surface area contributed by atoms with Crippen LogP contribution in [-0.2, 0) is 24.3 Å². The Morgan fingerprint density at radius 2 is 2.11 bits per heavy atom. The molecule has 0 aliphatic carbocycles. The summed E-state index contributed by atoms with van der Waals surface area (Å²) in [6.45, 7) is 6.58. The summed E-state index contributed by atoms with van der Waals surface area (Å²) >= 11 is 3.63. The Hall–Kier alpha value is -0.840. The standard InChI is InChI=1S/C13H20BrN3O/c1-3-10-13(14)11(17(4-2)15-10)9-16-8-6-5-7-12(16)18/h3-9H2,1-2H3. The van der Waals surface area contributed by atoms with E-state index in [2.05, 4.69) is 34.9 Å². The number of aryl methyl sites for hydroxylation is 2. The minimum atomic E-state index is 0.273. The number of halogens is 1. The van der Waals surface area contributed by atoms with E-state index in [1.54, 1.807) is 0 Å². The van der Waals surface area contributed by atoms with Crippen LogP contribution in [0.4, 0.5) is 0 Å². The van der Waals surface area contributed by atoms with Crippen molar-refractivity contribution in [3.05, 3.63) is 15.9 Å². The van der Waals surface area contributed by atoms with Crippen LogP contribution in [0.3, 0.4) is 0 Å². The van der Waals surface area contributed by atoms with Crippen molar-refractivity contribution in [2.45, 2.75) is 52.6 Å². The van der Waals surface area contributed by atoms with Gasteiger partial charge in [-0.3, -0.25) is 9.48 Å². The second kappa shape index (κ2) is 5.87. The lowest BCUT2D eigenvalue weighted by Gasteiger charge is -2.27. The number of hydrogen-bond donors (Lipinski definition) is 0. The highest BCUT2D eigenvalue weighted by atomic mass is 79.9. The Bertz CT molecular complexity index is 442. The SMILES string of the molecule is CCc1nn(CC)c(CN2CCCCC2=O)c1Br. The number of likely N-dealkylation sites (tertiary alicyclic amines) is 1. The summed E-state index contributed by atoms with van der Waals surface area (Å²) in [4.78, 5) is 13.8. The van der Waals surface area contributed by atoms with Crippen molar-refractivity contribution in [3.8, 4) is 0 Å². The van der Waals surface area contributed by atoms with E-state index in [1.165, 1.54) is 0 Å². The third-order valence-electron chi connectivity index (χ3n) is 3.46. The van der Waals surface area contributed by atoms with Gasteiger partial charge in [-0.05, 0) is 42.1 Å². The largest absolute Gasteiger partial charge is 0.337 e. The van der Waals surface area contributed by atoms with Crippen LogP contribution in [0.1, 0.15) is 44.5 Å². The molecule has 2 heterocycles. The molecule has 0 unspecified atom stereocenters. The molecule has 18 heavy (non-hydrogen) atoms. The fourth-order valence-electron chi connectivity index (χ4n) is 2.38. The third-order valence-corrected chi connectivity index (χ3v) is 4.37. The Morgan fingerprint density at radius 1 is 1.33 bits per heavy atom. The van der Waals surface area contributed by atoms with Crippen LogP contribution in [-0.4, -0.2) is 27.1 Å². The fourth-order valence-corrected chi connectivity index (χ4v) is 3.07. The van der Waals surface area contributed by atoms with Gasteiger partial charge in [0.15, 0.2) is 0 Å². The van der Waals surface area contributed by atoms with Crippen LogP contribution < -0.4 is 0 Å². The highest BCUT2D eigenvalue weighted by molar-refractivity contribution is 9.10. The smallest absolute Gasteiger partial charge is 0.222 e. The average Bonchev–Trinajstić information content (AvgIpc) is 2.69. The molecule has 1 aliphatic heterocycles. The second-order valence-corrected chi connectivity index (χ2v) is 5.44. The number of hydrogen-bond acceptors (Lipinski definition) is 2. The molecule has 4 nitrogen and oxygen atoms in total. The van der Waals surface area contributed by atoms with Crippen LogP contribution in [0.25, 0.3) is 0 Å². The Balaban J connectivity index is 2.21. The van der Waals surface area contributed by atoms with Gasteiger partial charge in [0.1, 0.15) is 0 Å². The fraction of sp³-hybridized carbons (Fsp3) is 0.692. The second-order valence-electron chi connectivity index (χ2n) is 4.65. The maximum Gasteiger partial charge on any atom is 0.222 e. The zero-order chi connectivity index (χ0) is 13.1. The molecule has 0 atom stereocenters. The topological polar surface area (TPSA) is 38.1 Å². The zero-order valence-corrected chi connectivity index (χ0v) is 12.7. The van der Waals surface area contributed by atoms with Crippen LogP contribution in [0.2, 0.25) is 0 Å². The molecule has 1 fully saturated rings. The molecule has 2 rings (SSSR count). The van der Waals surface area contributed by atoms with Crippen molar-refractivity contribution in [3.63, 3.8) is 0 Å². The van der Waals surface area contributed by atoms with Gasteiger partial charge in [0, 0.05) is 19.5 Å². The van der Waals surface area contributed by atoms with E-state index in [9.17, 15) is 4.79 Å². The van der Waals surface area contributed by atoms with E-state index in [4.69, 9.17) is 0 Å². The lowest BCUT2D eigenvalue weighted by atomic mass is 10.1. The van der Waals surface area contributed by atoms with Gasteiger partial charge in [-0.15, -0.1) is 0 Å². The van der Waals surface area contributed by atoms with Gasteiger partial charge in [0.2, 0.25) is 5.91 Å². The van der Waals surface area contributed by atoms with Gasteiger partial charge in [0.25, 0.3) is 0 Å². The third kappa shape index (κ3) is 2.60. The first-order valence-electron chi connectivity index (χ1n) is 6.69. The normalized spacial score (nSPS) is 16.4. The first kappa shape index (κ1) is 13.6. The highest BCUT2D eigenvalue weighted by Crippen LogP contribution is 2.25. The van der Waals surface area contributed by atoms with Crippen LogP contribution >= 0.6 is 15.9 Å². The summed E-state index contributed by atoms with van der Waals surface area (Å²) in [6.07, 6.45) is 3.75. The van der Waals surface area contributed by atoms with Crippen molar-refractivity contribution >= 4 is 21.8 Å². The zero-order valence-electron chi connectivity index (χ0n) is 11.1. The van der Waals surface area contributed by atoms with Crippen molar-refractivity contribution in [2.24, 2.45) is 0 Å². The van der Waals surface area contributed by atoms with E-state index < -0.39 is 0 Å². The molecule has 5 heteroatoms. The predicted molar refractivity (Wildman–Crippen MR) is 74.2 cm³/mol. The van der Waals surface area contributed by atoms with Crippen molar-refractivity contribution < 1.29 is 4.79 Å². The van der Waals surface area contributed by atoms with E-state index >= 15 is 0 Å². The molecule has 1 aromatic rings. The Kier molecular flexibility index (Phi) is 4.43. The highest BCUT2D eigenvalue weighted by Gasteiger charge is 2.22. The average molecular weight is 314 g/mol. The number of carbonyl (C=O) groups is 1. The van der Waals surface area contributed by atoms with Gasteiger partial charge < -0.3 is 4.90 Å². The maximum atomic E-state index is 11.9. The molecule has 0 radical (unpaired) electrons. The molecule has 1 aliphatic rings. The molecule has 0 bridgehead atoms. The van der Waals surface area contributed by atoms with E-state index in [-0.39, 0.29) is 5.91 Å². The first-order valence-corrected chi connectivity index (χ1v) is 7.48. The maximum absolute atomic E-state index is 11.9. The van der Waals surface area contributed by atoms with Gasteiger partial charge in [-0.2, -0.15) is 5.10 Å². The monoisotopic (exact) mass is 313 g/mol. The quantitative estimate of drug-likeness (QED) is 0.857. The summed E-state index contributed by atoms with van der Waals surface area (Å²) in [5.41, 5.74) is 2.21. The molecule has 0 saturated carbocycles. The number of piperidine rings is 1. The summed E-state index contributed by atoms with van der Waals surface area (Å²) in [6, 6.07) is 0. The van der Waals surface area contributed by atoms with Crippen LogP contribution in [0, 0.1) is 0 Å². The number of rotatable bonds is 4. The van der Waals surface area contributed by atoms with Crippen molar-refractivity contribution in [1.82, 2.24) is 14.7 Å². The Labute approximate surface area is 116 Å². The molecule has 1 amide bonds. The number of carbonyl (C=O) groups excluding carboxylic acids is 1. The van der Waals surface area contributed by atoms with Gasteiger partial charge in [-0.25, -0.2) is 0 Å². The van der Waals surface area contributed by atoms with Gasteiger partial charge >= 0.3 is 0 Å². The molecular formula is C13H20BrN3O. The molecule has 0 aromatic carbocycles. The molecule has 100 valence electrons. The summed E-state index contributed by atoms with van der Waals surface area (Å²) in [5.74, 6) is 0.273. The predicted octanol–water partition coefficient (Wildman–Crippen LogP) is 2.74. The number of nitrogens with zero attached hydrogens (tertiary/aromatic N) is 3. The Morgan fingerprint density at radius 3 is 2.72 bits per heavy atom.